The zero-order valence-electron chi connectivity index (χ0n) is 12.7. The highest BCUT2D eigenvalue weighted by Gasteiger charge is 2.37. The number of aliphatic hydroxyl groups excluding tert-OH is 1. The van der Waals surface area contributed by atoms with E-state index in [-0.39, 0.29) is 24.5 Å². The van der Waals surface area contributed by atoms with Crippen molar-refractivity contribution >= 4 is 17.7 Å². The van der Waals surface area contributed by atoms with Crippen molar-refractivity contribution in [2.75, 3.05) is 19.7 Å². The van der Waals surface area contributed by atoms with Gasteiger partial charge in [0.15, 0.2) is 0 Å². The molecule has 1 aromatic carbocycles. The van der Waals surface area contributed by atoms with Crippen molar-refractivity contribution in [3.63, 3.8) is 0 Å². The maximum Gasteiger partial charge on any atom is 0.410 e. The minimum absolute atomic E-state index is 0.0102. The molecule has 4 nitrogen and oxygen atoms in total. The number of benzene rings is 1. The monoisotopic (exact) mass is 311 g/mol. The number of nitrogens with zero attached hydrogens (tertiary/aromatic N) is 1. The second-order valence-corrected chi connectivity index (χ2v) is 6.93. The van der Waals surface area contributed by atoms with Crippen LogP contribution in [-0.2, 0) is 4.74 Å². The largest absolute Gasteiger partial charge is 0.444 e. The van der Waals surface area contributed by atoms with Gasteiger partial charge in [-0.15, -0.1) is 0 Å². The first-order valence-corrected chi connectivity index (χ1v) is 7.52. The first kappa shape index (κ1) is 16.1. The molecule has 21 heavy (non-hydrogen) atoms. The van der Waals surface area contributed by atoms with Crippen LogP contribution in [0.1, 0.15) is 32.3 Å². The lowest BCUT2D eigenvalue weighted by Gasteiger charge is -2.24. The lowest BCUT2D eigenvalue weighted by atomic mass is 9.90. The third-order valence-corrected chi connectivity index (χ3v) is 3.84. The SMILES string of the molecule is CC(C)(C)OC(=O)N1CC(CO)C(c2cccc(Cl)c2)C1. The molecule has 2 atom stereocenters. The molecular weight excluding hydrogens is 290 g/mol. The Morgan fingerprint density at radius 3 is 2.71 bits per heavy atom. The number of hydrogen-bond donors (Lipinski definition) is 1. The molecule has 2 rings (SSSR count). The average molecular weight is 312 g/mol. The van der Waals surface area contributed by atoms with Gasteiger partial charge in [0.1, 0.15) is 5.60 Å². The average Bonchev–Trinajstić information content (AvgIpc) is 2.81. The summed E-state index contributed by atoms with van der Waals surface area (Å²) in [7, 11) is 0. The fourth-order valence-corrected chi connectivity index (χ4v) is 2.85. The molecule has 1 amide bonds. The van der Waals surface area contributed by atoms with Crippen molar-refractivity contribution in [2.45, 2.75) is 32.3 Å². The van der Waals surface area contributed by atoms with Crippen LogP contribution in [0.2, 0.25) is 5.02 Å². The van der Waals surface area contributed by atoms with Crippen LogP contribution in [0.5, 0.6) is 0 Å². The highest BCUT2D eigenvalue weighted by molar-refractivity contribution is 6.30. The van der Waals surface area contributed by atoms with Crippen LogP contribution in [0.3, 0.4) is 0 Å². The molecular formula is C16H22ClNO3. The van der Waals surface area contributed by atoms with E-state index in [1.807, 2.05) is 45.0 Å². The van der Waals surface area contributed by atoms with Gasteiger partial charge in [-0.05, 0) is 38.5 Å². The van der Waals surface area contributed by atoms with E-state index in [0.717, 1.165) is 5.56 Å². The Bertz CT molecular complexity index is 512. The Balaban J connectivity index is 2.12. The minimum Gasteiger partial charge on any atom is -0.444 e. The number of carbonyl (C=O) groups excluding carboxylic acids is 1. The highest BCUT2D eigenvalue weighted by atomic mass is 35.5. The van der Waals surface area contributed by atoms with Crippen molar-refractivity contribution < 1.29 is 14.6 Å². The molecule has 0 spiro atoms. The fourth-order valence-electron chi connectivity index (χ4n) is 2.65. The normalized spacial score (nSPS) is 22.4. The summed E-state index contributed by atoms with van der Waals surface area (Å²) in [4.78, 5) is 13.8. The summed E-state index contributed by atoms with van der Waals surface area (Å²) >= 11 is 6.03. The van der Waals surface area contributed by atoms with Crippen LogP contribution >= 0.6 is 11.6 Å². The summed E-state index contributed by atoms with van der Waals surface area (Å²) < 4.78 is 5.40. The van der Waals surface area contributed by atoms with E-state index >= 15 is 0 Å². The highest BCUT2D eigenvalue weighted by Crippen LogP contribution is 2.34. The molecule has 1 saturated heterocycles. The van der Waals surface area contributed by atoms with Crippen molar-refractivity contribution in [3.8, 4) is 0 Å². The quantitative estimate of drug-likeness (QED) is 0.912. The van der Waals surface area contributed by atoms with Gasteiger partial charge in [0.25, 0.3) is 0 Å². The van der Waals surface area contributed by atoms with Crippen LogP contribution in [0.4, 0.5) is 4.79 Å². The number of aliphatic hydroxyl groups is 1. The topological polar surface area (TPSA) is 49.8 Å². The van der Waals surface area contributed by atoms with Crippen LogP contribution in [-0.4, -0.2) is 41.4 Å². The molecule has 1 heterocycles. The third-order valence-electron chi connectivity index (χ3n) is 3.60. The molecule has 1 aliphatic heterocycles. The van der Waals surface area contributed by atoms with Crippen LogP contribution < -0.4 is 0 Å². The van der Waals surface area contributed by atoms with Crippen molar-refractivity contribution in [1.29, 1.82) is 0 Å². The number of halogens is 1. The molecule has 2 unspecified atom stereocenters. The van der Waals surface area contributed by atoms with Gasteiger partial charge in [-0.25, -0.2) is 4.79 Å². The first-order chi connectivity index (χ1) is 9.80. The molecule has 116 valence electrons. The zero-order valence-corrected chi connectivity index (χ0v) is 13.4. The van der Waals surface area contributed by atoms with Gasteiger partial charge < -0.3 is 14.7 Å². The maximum atomic E-state index is 12.2. The second-order valence-electron chi connectivity index (χ2n) is 6.49. The zero-order chi connectivity index (χ0) is 15.6. The smallest absolute Gasteiger partial charge is 0.410 e. The molecule has 1 aromatic rings. The maximum absolute atomic E-state index is 12.2. The van der Waals surface area contributed by atoms with Gasteiger partial charge in [-0.2, -0.15) is 0 Å². The van der Waals surface area contributed by atoms with Crippen LogP contribution in [0.25, 0.3) is 0 Å². The Kier molecular flexibility index (Phi) is 4.79. The summed E-state index contributed by atoms with van der Waals surface area (Å²) in [6.45, 7) is 6.62. The van der Waals surface area contributed by atoms with E-state index in [1.165, 1.54) is 0 Å². The number of ether oxygens (including phenoxy) is 1. The standard InChI is InChI=1S/C16H22ClNO3/c1-16(2,3)21-15(20)18-8-12(10-19)14(9-18)11-5-4-6-13(17)7-11/h4-7,12,14,19H,8-10H2,1-3H3. The molecule has 1 aliphatic rings. The molecule has 0 saturated carbocycles. The summed E-state index contributed by atoms with van der Waals surface area (Å²) in [6.07, 6.45) is -0.328. The van der Waals surface area contributed by atoms with Crippen molar-refractivity contribution in [3.05, 3.63) is 34.9 Å². The van der Waals surface area contributed by atoms with E-state index in [4.69, 9.17) is 16.3 Å². The van der Waals surface area contributed by atoms with E-state index < -0.39 is 5.60 Å². The van der Waals surface area contributed by atoms with E-state index in [0.29, 0.717) is 18.1 Å². The Labute approximate surface area is 130 Å². The summed E-state index contributed by atoms with van der Waals surface area (Å²) in [5.74, 6) is 0.0946. The Hall–Kier alpha value is -1.26. The second kappa shape index (κ2) is 6.24. The Morgan fingerprint density at radius 2 is 2.14 bits per heavy atom. The molecule has 0 aliphatic carbocycles. The van der Waals surface area contributed by atoms with Gasteiger partial charge in [0, 0.05) is 36.6 Å². The van der Waals surface area contributed by atoms with Gasteiger partial charge in [0.2, 0.25) is 0 Å². The Morgan fingerprint density at radius 1 is 1.43 bits per heavy atom. The fraction of sp³-hybridized carbons (Fsp3) is 0.562. The van der Waals surface area contributed by atoms with Gasteiger partial charge in [0.05, 0.1) is 0 Å². The molecule has 0 radical (unpaired) electrons. The van der Waals surface area contributed by atoms with E-state index in [1.54, 1.807) is 4.90 Å². The lowest BCUT2D eigenvalue weighted by Crippen LogP contribution is -2.35. The summed E-state index contributed by atoms with van der Waals surface area (Å²) in [5, 5.41) is 10.3. The van der Waals surface area contributed by atoms with Crippen LogP contribution in [0, 0.1) is 5.92 Å². The molecule has 1 fully saturated rings. The number of amides is 1. The third kappa shape index (κ3) is 4.11. The molecule has 1 N–H and O–H groups in total. The lowest BCUT2D eigenvalue weighted by molar-refractivity contribution is 0.0283. The number of carbonyl (C=O) groups is 1. The van der Waals surface area contributed by atoms with Crippen LogP contribution in [0.15, 0.2) is 24.3 Å². The van der Waals surface area contributed by atoms with Gasteiger partial charge in [-0.1, -0.05) is 23.7 Å². The molecule has 0 bridgehead atoms. The van der Waals surface area contributed by atoms with Gasteiger partial charge >= 0.3 is 6.09 Å². The number of likely N-dealkylation sites (tertiary alicyclic amines) is 1. The summed E-state index contributed by atoms with van der Waals surface area (Å²) in [5.41, 5.74) is 0.535. The number of rotatable bonds is 2. The molecule has 0 aromatic heterocycles. The van der Waals surface area contributed by atoms with Crippen molar-refractivity contribution in [2.24, 2.45) is 5.92 Å². The van der Waals surface area contributed by atoms with Crippen molar-refractivity contribution in [1.82, 2.24) is 4.90 Å². The predicted octanol–water partition coefficient (Wildman–Crippen LogP) is 3.28. The molecule has 5 heteroatoms. The van der Waals surface area contributed by atoms with E-state index in [2.05, 4.69) is 0 Å². The predicted molar refractivity (Wildman–Crippen MR) is 82.6 cm³/mol. The minimum atomic E-state index is -0.514. The summed E-state index contributed by atoms with van der Waals surface area (Å²) in [6, 6.07) is 7.59. The number of hydrogen-bond acceptors (Lipinski definition) is 3. The first-order valence-electron chi connectivity index (χ1n) is 7.14. The van der Waals surface area contributed by atoms with E-state index in [9.17, 15) is 9.90 Å². The van der Waals surface area contributed by atoms with Gasteiger partial charge in [-0.3, -0.25) is 0 Å².